The number of hydrogen-bond acceptors (Lipinski definition) is 3. The highest BCUT2D eigenvalue weighted by atomic mass is 32.2. The number of benzene rings is 1. The Bertz CT molecular complexity index is 914. The molecule has 1 aliphatic heterocycles. The van der Waals surface area contributed by atoms with Gasteiger partial charge in [-0.2, -0.15) is 0 Å². The molecule has 2 aromatic rings. The lowest BCUT2D eigenvalue weighted by molar-refractivity contribution is -0.121. The lowest BCUT2D eigenvalue weighted by atomic mass is 10.2. The number of aryl methyl sites for hydroxylation is 1. The van der Waals surface area contributed by atoms with E-state index in [2.05, 4.69) is 6.58 Å². The summed E-state index contributed by atoms with van der Waals surface area (Å²) in [5.74, 6) is -0.387. The number of carbonyl (C=O) groups excluding carboxylic acids is 1. The highest BCUT2D eigenvalue weighted by molar-refractivity contribution is 8.26. The van der Waals surface area contributed by atoms with Gasteiger partial charge in [-0.15, -0.1) is 6.58 Å². The van der Waals surface area contributed by atoms with Crippen LogP contribution in [0.15, 0.2) is 47.9 Å². The molecule has 0 saturated carbocycles. The van der Waals surface area contributed by atoms with Crippen LogP contribution in [-0.2, 0) is 4.79 Å². The minimum atomic E-state index is -0.281. The molecule has 0 unspecified atom stereocenters. The minimum Gasteiger partial charge on any atom is -0.318 e. The number of rotatable bonds is 4. The van der Waals surface area contributed by atoms with Crippen molar-refractivity contribution < 1.29 is 9.18 Å². The molecule has 25 heavy (non-hydrogen) atoms. The fraction of sp³-hybridized carbons (Fsp3) is 0.158. The third-order valence-electron chi connectivity index (χ3n) is 4.01. The molecule has 3 rings (SSSR count). The van der Waals surface area contributed by atoms with E-state index in [1.165, 1.54) is 28.8 Å². The molecule has 1 fully saturated rings. The number of thiocarbonyl (C=S) groups is 1. The second-order valence-electron chi connectivity index (χ2n) is 5.72. The molecule has 0 bridgehead atoms. The van der Waals surface area contributed by atoms with Gasteiger partial charge in [0, 0.05) is 23.6 Å². The summed E-state index contributed by atoms with van der Waals surface area (Å²) in [6.07, 6.45) is 3.50. The molecule has 0 radical (unpaired) electrons. The maximum absolute atomic E-state index is 13.6. The Morgan fingerprint density at radius 3 is 2.76 bits per heavy atom. The molecule has 0 atom stereocenters. The molecule has 0 aliphatic carbocycles. The predicted octanol–water partition coefficient (Wildman–Crippen LogP) is 4.62. The Balaban J connectivity index is 2.00. The molecule has 0 N–H and O–H groups in total. The van der Waals surface area contributed by atoms with Crippen LogP contribution in [-0.4, -0.2) is 26.2 Å². The fourth-order valence-electron chi connectivity index (χ4n) is 2.87. The van der Waals surface area contributed by atoms with Gasteiger partial charge in [0.2, 0.25) is 0 Å². The third-order valence-corrected chi connectivity index (χ3v) is 5.39. The number of hydrogen-bond donors (Lipinski definition) is 0. The number of carbonyl (C=O) groups is 1. The van der Waals surface area contributed by atoms with Crippen LogP contribution in [0.25, 0.3) is 11.8 Å². The zero-order chi connectivity index (χ0) is 18.1. The molecule has 2 heterocycles. The van der Waals surface area contributed by atoms with E-state index >= 15 is 0 Å². The average Bonchev–Trinajstić information content (AvgIpc) is 2.98. The largest absolute Gasteiger partial charge is 0.318 e. The van der Waals surface area contributed by atoms with Gasteiger partial charge in [0.15, 0.2) is 0 Å². The van der Waals surface area contributed by atoms with Crippen LogP contribution in [0.3, 0.4) is 0 Å². The first kappa shape index (κ1) is 17.6. The highest BCUT2D eigenvalue weighted by Gasteiger charge is 2.31. The molecule has 128 valence electrons. The van der Waals surface area contributed by atoms with Crippen molar-refractivity contribution in [1.82, 2.24) is 9.47 Å². The Morgan fingerprint density at radius 1 is 1.32 bits per heavy atom. The molecule has 1 amide bonds. The van der Waals surface area contributed by atoms with E-state index in [-0.39, 0.29) is 11.7 Å². The molecular formula is C19H17FN2OS2. The van der Waals surface area contributed by atoms with Crippen LogP contribution in [0.1, 0.15) is 17.0 Å². The molecule has 1 aromatic heterocycles. The standard InChI is InChI=1S/C19H17FN2OS2/c1-4-8-21-18(23)17(25-19(21)24)10-14-9-12(2)22(13(14)3)16-7-5-6-15(20)11-16/h4-7,9-11H,1,8H2,2-3H3/b17-10-. The Morgan fingerprint density at radius 2 is 2.08 bits per heavy atom. The molecule has 3 nitrogen and oxygen atoms in total. The minimum absolute atomic E-state index is 0.106. The first-order chi connectivity index (χ1) is 11.9. The zero-order valence-electron chi connectivity index (χ0n) is 14.0. The van der Waals surface area contributed by atoms with E-state index in [0.717, 1.165) is 22.6 Å². The van der Waals surface area contributed by atoms with Gasteiger partial charge in [0.1, 0.15) is 10.1 Å². The predicted molar refractivity (Wildman–Crippen MR) is 105 cm³/mol. The third kappa shape index (κ3) is 3.32. The lowest BCUT2D eigenvalue weighted by Crippen LogP contribution is -2.27. The van der Waals surface area contributed by atoms with Crippen molar-refractivity contribution in [3.05, 3.63) is 70.7 Å². The summed E-state index contributed by atoms with van der Waals surface area (Å²) in [5.41, 5.74) is 3.59. The lowest BCUT2D eigenvalue weighted by Gasteiger charge is -2.10. The summed E-state index contributed by atoms with van der Waals surface area (Å²) in [6, 6.07) is 8.44. The van der Waals surface area contributed by atoms with Gasteiger partial charge in [-0.1, -0.05) is 36.1 Å². The van der Waals surface area contributed by atoms with Crippen molar-refractivity contribution in [2.24, 2.45) is 0 Å². The molecular weight excluding hydrogens is 355 g/mol. The second-order valence-corrected chi connectivity index (χ2v) is 7.40. The van der Waals surface area contributed by atoms with Crippen molar-refractivity contribution in [3.8, 4) is 5.69 Å². The Hall–Kier alpha value is -2.18. The van der Waals surface area contributed by atoms with E-state index < -0.39 is 0 Å². The van der Waals surface area contributed by atoms with Crippen LogP contribution in [0.2, 0.25) is 0 Å². The molecule has 6 heteroatoms. The van der Waals surface area contributed by atoms with E-state index in [4.69, 9.17) is 12.2 Å². The first-order valence-electron chi connectivity index (χ1n) is 7.73. The van der Waals surface area contributed by atoms with E-state index in [1.54, 1.807) is 12.1 Å². The summed E-state index contributed by atoms with van der Waals surface area (Å²) in [7, 11) is 0. The second kappa shape index (κ2) is 6.98. The molecule has 0 spiro atoms. The Kier molecular flexibility index (Phi) is 4.92. The Labute approximate surface area is 155 Å². The van der Waals surface area contributed by atoms with E-state index in [9.17, 15) is 9.18 Å². The van der Waals surface area contributed by atoms with Crippen molar-refractivity contribution in [2.75, 3.05) is 6.54 Å². The summed E-state index contributed by atoms with van der Waals surface area (Å²) in [5, 5.41) is 0. The van der Waals surface area contributed by atoms with Gasteiger partial charge in [-0.25, -0.2) is 4.39 Å². The normalized spacial score (nSPS) is 16.1. The van der Waals surface area contributed by atoms with Gasteiger partial charge in [0.25, 0.3) is 5.91 Å². The molecule has 1 aliphatic rings. The van der Waals surface area contributed by atoms with Crippen molar-refractivity contribution in [2.45, 2.75) is 13.8 Å². The van der Waals surface area contributed by atoms with Crippen molar-refractivity contribution in [1.29, 1.82) is 0 Å². The highest BCUT2D eigenvalue weighted by Crippen LogP contribution is 2.33. The number of aromatic nitrogens is 1. The number of nitrogens with zero attached hydrogens (tertiary/aromatic N) is 2. The molecule has 1 saturated heterocycles. The van der Waals surface area contributed by atoms with Gasteiger partial charge in [-0.05, 0) is 49.8 Å². The average molecular weight is 372 g/mol. The topological polar surface area (TPSA) is 25.2 Å². The fourth-order valence-corrected chi connectivity index (χ4v) is 4.14. The van der Waals surface area contributed by atoms with Crippen molar-refractivity contribution in [3.63, 3.8) is 0 Å². The van der Waals surface area contributed by atoms with Crippen LogP contribution in [0.5, 0.6) is 0 Å². The summed E-state index contributed by atoms with van der Waals surface area (Å²) >= 11 is 6.55. The van der Waals surface area contributed by atoms with Gasteiger partial charge < -0.3 is 4.57 Å². The van der Waals surface area contributed by atoms with Gasteiger partial charge >= 0.3 is 0 Å². The van der Waals surface area contributed by atoms with Crippen LogP contribution >= 0.6 is 24.0 Å². The zero-order valence-corrected chi connectivity index (χ0v) is 15.6. The SMILES string of the molecule is C=CCN1C(=O)/C(=C/c2cc(C)n(-c3cccc(F)c3)c2C)SC1=S. The number of halogens is 1. The van der Waals surface area contributed by atoms with Crippen LogP contribution < -0.4 is 0 Å². The van der Waals surface area contributed by atoms with Crippen LogP contribution in [0, 0.1) is 19.7 Å². The van der Waals surface area contributed by atoms with E-state index in [1.807, 2.05) is 36.6 Å². The number of thioether (sulfide) groups is 1. The first-order valence-corrected chi connectivity index (χ1v) is 8.96. The van der Waals surface area contributed by atoms with Gasteiger partial charge in [0.05, 0.1) is 4.91 Å². The smallest absolute Gasteiger partial charge is 0.266 e. The van der Waals surface area contributed by atoms with Crippen LogP contribution in [0.4, 0.5) is 4.39 Å². The number of amides is 1. The summed E-state index contributed by atoms with van der Waals surface area (Å²) < 4.78 is 16.1. The summed E-state index contributed by atoms with van der Waals surface area (Å²) in [4.78, 5) is 14.6. The quantitative estimate of drug-likeness (QED) is 0.445. The maximum atomic E-state index is 13.6. The maximum Gasteiger partial charge on any atom is 0.266 e. The molecule has 1 aromatic carbocycles. The van der Waals surface area contributed by atoms with E-state index in [0.29, 0.717) is 15.8 Å². The van der Waals surface area contributed by atoms with Crippen molar-refractivity contribution >= 4 is 40.3 Å². The summed E-state index contributed by atoms with van der Waals surface area (Å²) in [6.45, 7) is 7.97. The van der Waals surface area contributed by atoms with Gasteiger partial charge in [-0.3, -0.25) is 9.69 Å². The monoisotopic (exact) mass is 372 g/mol.